The topological polar surface area (TPSA) is 26.0 Å². The van der Waals surface area contributed by atoms with Crippen LogP contribution in [0.1, 0.15) is 12.8 Å². The van der Waals surface area contributed by atoms with Crippen LogP contribution >= 0.6 is 0 Å². The maximum absolute atomic E-state index is 12.5. The summed E-state index contributed by atoms with van der Waals surface area (Å²) in [5.74, 6) is -7.68. The van der Waals surface area contributed by atoms with Crippen LogP contribution in [0.15, 0.2) is 0 Å². The Hall–Kier alpha value is -0.320. The fourth-order valence-corrected chi connectivity index (χ4v) is 2.13. The molecule has 0 atom stereocenters. The van der Waals surface area contributed by atoms with E-state index < -0.39 is 17.3 Å². The van der Waals surface area contributed by atoms with E-state index in [1.807, 2.05) is 0 Å². The van der Waals surface area contributed by atoms with E-state index in [9.17, 15) is 17.6 Å². The van der Waals surface area contributed by atoms with E-state index in [4.69, 9.17) is 5.73 Å². The van der Waals surface area contributed by atoms with Crippen molar-refractivity contribution in [2.75, 3.05) is 6.54 Å². The van der Waals surface area contributed by atoms with E-state index in [-0.39, 0.29) is 25.3 Å². The Kier molecular flexibility index (Phi) is 1.23. The number of nitrogens with two attached hydrogens (primary N) is 1. The van der Waals surface area contributed by atoms with Crippen LogP contribution in [0.2, 0.25) is 0 Å². The van der Waals surface area contributed by atoms with Gasteiger partial charge in [-0.3, -0.25) is 0 Å². The molecule has 12 heavy (non-hydrogen) atoms. The molecule has 2 aliphatic carbocycles. The summed E-state index contributed by atoms with van der Waals surface area (Å²) in [6, 6.07) is 0. The minimum Gasteiger partial charge on any atom is -0.330 e. The quantitative estimate of drug-likeness (QED) is 0.614. The highest BCUT2D eigenvalue weighted by Crippen LogP contribution is 2.81. The Balaban J connectivity index is 2.11. The van der Waals surface area contributed by atoms with Crippen LogP contribution in [0, 0.1) is 11.3 Å². The molecule has 0 unspecified atom stereocenters. The standard InChI is InChI=1S/C7H9F4N/c8-6(9)5(7(6,10)11)1-4(2-5)3-12/h4H,1-3,12H2. The van der Waals surface area contributed by atoms with Gasteiger partial charge in [-0.2, -0.15) is 17.6 Å². The summed E-state index contributed by atoms with van der Waals surface area (Å²) in [5, 5.41) is 0. The number of rotatable bonds is 1. The average molecular weight is 183 g/mol. The van der Waals surface area contributed by atoms with Gasteiger partial charge in [-0.1, -0.05) is 0 Å². The predicted molar refractivity (Wildman–Crippen MR) is 34.1 cm³/mol. The van der Waals surface area contributed by atoms with E-state index in [2.05, 4.69) is 0 Å². The molecular formula is C7H9F4N. The van der Waals surface area contributed by atoms with Crippen molar-refractivity contribution in [2.45, 2.75) is 24.7 Å². The number of hydrogen-bond donors (Lipinski definition) is 1. The highest BCUT2D eigenvalue weighted by Gasteiger charge is 2.97. The SMILES string of the molecule is NCC1CC2(C1)C(F)(F)C2(F)F. The van der Waals surface area contributed by atoms with Crippen molar-refractivity contribution in [1.82, 2.24) is 0 Å². The van der Waals surface area contributed by atoms with E-state index >= 15 is 0 Å². The van der Waals surface area contributed by atoms with Crippen molar-refractivity contribution in [3.63, 3.8) is 0 Å². The molecule has 2 saturated carbocycles. The average Bonchev–Trinajstić information content (AvgIpc) is 2.17. The fourth-order valence-electron chi connectivity index (χ4n) is 2.13. The molecule has 0 heterocycles. The van der Waals surface area contributed by atoms with Gasteiger partial charge in [0.1, 0.15) is 5.41 Å². The maximum atomic E-state index is 12.5. The molecule has 0 aromatic rings. The molecule has 0 saturated heterocycles. The number of halogens is 4. The summed E-state index contributed by atoms with van der Waals surface area (Å²) in [6.45, 7) is 0.230. The van der Waals surface area contributed by atoms with Gasteiger partial charge < -0.3 is 5.73 Å². The molecule has 2 fully saturated rings. The first-order valence-corrected chi connectivity index (χ1v) is 3.85. The Morgan fingerprint density at radius 3 is 1.75 bits per heavy atom. The minimum absolute atomic E-state index is 0.122. The lowest BCUT2D eigenvalue weighted by Crippen LogP contribution is -2.36. The predicted octanol–water partition coefficient (Wildman–Crippen LogP) is 1.63. The molecule has 0 aromatic carbocycles. The third kappa shape index (κ3) is 0.542. The maximum Gasteiger partial charge on any atom is 0.322 e. The van der Waals surface area contributed by atoms with Crippen LogP contribution in [0.4, 0.5) is 17.6 Å². The first-order chi connectivity index (χ1) is 5.39. The van der Waals surface area contributed by atoms with Gasteiger partial charge in [-0.05, 0) is 25.3 Å². The zero-order chi connectivity index (χ0) is 9.20. The largest absolute Gasteiger partial charge is 0.330 e. The normalized spacial score (nSPS) is 34.8. The molecule has 70 valence electrons. The Labute approximate surface area is 66.9 Å². The minimum atomic E-state index is -3.77. The molecule has 0 radical (unpaired) electrons. The van der Waals surface area contributed by atoms with Gasteiger partial charge in [0, 0.05) is 0 Å². The molecule has 0 aliphatic heterocycles. The van der Waals surface area contributed by atoms with Crippen molar-refractivity contribution < 1.29 is 17.6 Å². The zero-order valence-corrected chi connectivity index (χ0v) is 6.29. The summed E-state index contributed by atoms with van der Waals surface area (Å²) in [4.78, 5) is 0. The Morgan fingerprint density at radius 2 is 1.50 bits per heavy atom. The fraction of sp³-hybridized carbons (Fsp3) is 1.00. The Bertz CT molecular complexity index is 203. The van der Waals surface area contributed by atoms with Gasteiger partial charge in [0.2, 0.25) is 0 Å². The molecular weight excluding hydrogens is 174 g/mol. The van der Waals surface area contributed by atoms with Gasteiger partial charge in [0.25, 0.3) is 0 Å². The lowest BCUT2D eigenvalue weighted by molar-refractivity contribution is -0.0278. The molecule has 5 heteroatoms. The highest BCUT2D eigenvalue weighted by atomic mass is 19.3. The van der Waals surface area contributed by atoms with E-state index in [1.54, 1.807) is 0 Å². The molecule has 1 spiro atoms. The van der Waals surface area contributed by atoms with E-state index in [0.29, 0.717) is 0 Å². The first kappa shape index (κ1) is 8.29. The van der Waals surface area contributed by atoms with Gasteiger partial charge in [0.05, 0.1) is 0 Å². The van der Waals surface area contributed by atoms with Crippen LogP contribution < -0.4 is 5.73 Å². The van der Waals surface area contributed by atoms with Crippen LogP contribution in [-0.4, -0.2) is 18.4 Å². The van der Waals surface area contributed by atoms with Crippen LogP contribution in [0.5, 0.6) is 0 Å². The van der Waals surface area contributed by atoms with Gasteiger partial charge >= 0.3 is 11.8 Å². The molecule has 2 rings (SSSR count). The van der Waals surface area contributed by atoms with Crippen molar-refractivity contribution >= 4 is 0 Å². The lowest BCUT2D eigenvalue weighted by atomic mass is 9.71. The van der Waals surface area contributed by atoms with E-state index in [0.717, 1.165) is 0 Å². The summed E-state index contributed by atoms with van der Waals surface area (Å²) < 4.78 is 50.1. The zero-order valence-electron chi connectivity index (χ0n) is 6.29. The van der Waals surface area contributed by atoms with Crippen molar-refractivity contribution in [3.05, 3.63) is 0 Å². The second-order valence-electron chi connectivity index (χ2n) is 3.74. The molecule has 0 amide bonds. The first-order valence-electron chi connectivity index (χ1n) is 3.85. The van der Waals surface area contributed by atoms with Crippen molar-refractivity contribution in [2.24, 2.45) is 17.1 Å². The van der Waals surface area contributed by atoms with Crippen LogP contribution in [0.3, 0.4) is 0 Å². The lowest BCUT2D eigenvalue weighted by Gasteiger charge is -2.33. The number of hydrogen-bond acceptors (Lipinski definition) is 1. The van der Waals surface area contributed by atoms with Gasteiger partial charge in [-0.25, -0.2) is 0 Å². The van der Waals surface area contributed by atoms with Crippen LogP contribution in [0.25, 0.3) is 0 Å². The van der Waals surface area contributed by atoms with Crippen LogP contribution in [-0.2, 0) is 0 Å². The summed E-state index contributed by atoms with van der Waals surface area (Å²) in [6.07, 6.45) is -0.243. The van der Waals surface area contributed by atoms with Gasteiger partial charge in [-0.15, -0.1) is 0 Å². The highest BCUT2D eigenvalue weighted by molar-refractivity contribution is 5.30. The summed E-state index contributed by atoms with van der Waals surface area (Å²) in [7, 11) is 0. The molecule has 0 aromatic heterocycles. The number of alkyl halides is 4. The van der Waals surface area contributed by atoms with E-state index in [1.165, 1.54) is 0 Å². The summed E-state index contributed by atoms with van der Waals surface area (Å²) in [5.41, 5.74) is 3.16. The second kappa shape index (κ2) is 1.78. The summed E-state index contributed by atoms with van der Waals surface area (Å²) >= 11 is 0. The van der Waals surface area contributed by atoms with Crippen molar-refractivity contribution in [3.8, 4) is 0 Å². The second-order valence-corrected chi connectivity index (χ2v) is 3.74. The molecule has 1 nitrogen and oxygen atoms in total. The Morgan fingerprint density at radius 1 is 1.08 bits per heavy atom. The smallest absolute Gasteiger partial charge is 0.322 e. The third-order valence-corrected chi connectivity index (χ3v) is 3.14. The van der Waals surface area contributed by atoms with Crippen molar-refractivity contribution in [1.29, 1.82) is 0 Å². The monoisotopic (exact) mass is 183 g/mol. The molecule has 0 bridgehead atoms. The van der Waals surface area contributed by atoms with Gasteiger partial charge in [0.15, 0.2) is 0 Å². The molecule has 2 aliphatic rings. The molecule has 2 N–H and O–H groups in total. The third-order valence-electron chi connectivity index (χ3n) is 3.14.